The number of rotatable bonds is 6. The summed E-state index contributed by atoms with van der Waals surface area (Å²) in [5.74, 6) is 1.58. The number of carbonyl (C=O) groups is 1. The average Bonchev–Trinajstić information content (AvgIpc) is 3.00. The summed E-state index contributed by atoms with van der Waals surface area (Å²) in [5.41, 5.74) is 0.959. The second-order valence-electron chi connectivity index (χ2n) is 6.29. The van der Waals surface area contributed by atoms with Crippen molar-refractivity contribution in [2.24, 2.45) is 4.99 Å². The van der Waals surface area contributed by atoms with E-state index in [1.807, 2.05) is 13.0 Å². The number of halogens is 1. The fourth-order valence-corrected chi connectivity index (χ4v) is 2.55. The molecule has 26 heavy (non-hydrogen) atoms. The van der Waals surface area contributed by atoms with E-state index in [9.17, 15) is 4.79 Å². The molecule has 1 fully saturated rings. The zero-order valence-corrected chi connectivity index (χ0v) is 18.1. The van der Waals surface area contributed by atoms with E-state index in [0.717, 1.165) is 50.1 Å². The molecule has 146 valence electrons. The van der Waals surface area contributed by atoms with Crippen LogP contribution in [0.3, 0.4) is 0 Å². The minimum Gasteiger partial charge on any atom is -0.361 e. The third kappa shape index (κ3) is 6.94. The number of amides is 1. The molecule has 0 bridgehead atoms. The molecule has 0 aliphatic carbocycles. The number of hydrogen-bond acceptors (Lipinski definition) is 5. The minimum absolute atomic E-state index is 0. The number of piperazine rings is 1. The van der Waals surface area contributed by atoms with Crippen molar-refractivity contribution >= 4 is 35.8 Å². The molecule has 0 aromatic carbocycles. The lowest BCUT2D eigenvalue weighted by molar-refractivity contribution is -0.127. The van der Waals surface area contributed by atoms with Crippen LogP contribution < -0.4 is 5.32 Å². The van der Waals surface area contributed by atoms with Crippen LogP contribution in [0, 0.1) is 6.92 Å². The fraction of sp³-hybridized carbons (Fsp3) is 0.588. The van der Waals surface area contributed by atoms with Gasteiger partial charge in [-0.25, -0.2) is 4.99 Å². The van der Waals surface area contributed by atoms with E-state index in [0.29, 0.717) is 6.54 Å². The Labute approximate surface area is 172 Å². The number of likely N-dealkylation sites (N-methyl/N-ethyl adjacent to an activating group) is 1. The maximum Gasteiger partial charge on any atom is 0.243 e. The molecule has 9 heteroatoms. The Morgan fingerprint density at radius 2 is 2.12 bits per heavy atom. The number of aliphatic imine (C=N–C) groups is 1. The molecule has 1 saturated heterocycles. The Hall–Kier alpha value is -1.62. The molecule has 8 nitrogen and oxygen atoms in total. The van der Waals surface area contributed by atoms with Crippen LogP contribution in [0.1, 0.15) is 11.5 Å². The highest BCUT2D eigenvalue weighted by atomic mass is 127. The molecule has 2 heterocycles. The van der Waals surface area contributed by atoms with Gasteiger partial charge in [-0.05, 0) is 6.92 Å². The standard InChI is InChI=1S/C17H28N6O2.HI/c1-5-6-18-17(19-12-16(24)21(3)4)23-9-7-22(8-10-23)13-15-11-14(2)25-20-15;/h5,11H,1,6-10,12-13H2,2-4H3,(H,18,19);1H. The minimum atomic E-state index is -0.0158. The van der Waals surface area contributed by atoms with E-state index in [1.165, 1.54) is 0 Å². The molecule has 0 saturated carbocycles. The molecule has 0 spiro atoms. The van der Waals surface area contributed by atoms with Crippen LogP contribution >= 0.6 is 24.0 Å². The predicted molar refractivity (Wildman–Crippen MR) is 113 cm³/mol. The van der Waals surface area contributed by atoms with Crippen LogP contribution in [0.2, 0.25) is 0 Å². The van der Waals surface area contributed by atoms with Gasteiger partial charge in [0.2, 0.25) is 5.91 Å². The molecule has 1 aliphatic heterocycles. The molecule has 0 unspecified atom stereocenters. The number of aryl methyl sites for hydroxylation is 1. The second-order valence-corrected chi connectivity index (χ2v) is 6.29. The summed E-state index contributed by atoms with van der Waals surface area (Å²) in [7, 11) is 3.47. The highest BCUT2D eigenvalue weighted by molar-refractivity contribution is 14.0. The highest BCUT2D eigenvalue weighted by Gasteiger charge is 2.20. The number of hydrogen-bond donors (Lipinski definition) is 1. The first-order chi connectivity index (χ1) is 12.0. The van der Waals surface area contributed by atoms with Gasteiger partial charge in [-0.2, -0.15) is 0 Å². The molecule has 0 atom stereocenters. The van der Waals surface area contributed by atoms with E-state index in [1.54, 1.807) is 25.1 Å². The monoisotopic (exact) mass is 476 g/mol. The fourth-order valence-electron chi connectivity index (χ4n) is 2.55. The van der Waals surface area contributed by atoms with Crippen LogP contribution in [0.4, 0.5) is 0 Å². The van der Waals surface area contributed by atoms with Gasteiger partial charge in [-0.1, -0.05) is 11.2 Å². The molecule has 1 N–H and O–H groups in total. The quantitative estimate of drug-likeness (QED) is 0.285. The maximum atomic E-state index is 11.8. The third-order valence-corrected chi connectivity index (χ3v) is 4.00. The molecule has 2 rings (SSSR count). The van der Waals surface area contributed by atoms with E-state index in [4.69, 9.17) is 4.52 Å². The van der Waals surface area contributed by atoms with Crippen molar-refractivity contribution in [2.75, 3.05) is 53.4 Å². The molecular formula is C17H29IN6O2. The van der Waals surface area contributed by atoms with Gasteiger partial charge in [0.05, 0.1) is 5.69 Å². The zero-order chi connectivity index (χ0) is 18.2. The van der Waals surface area contributed by atoms with Crippen LogP contribution in [-0.4, -0.2) is 85.1 Å². The second kappa shape index (κ2) is 11.2. The summed E-state index contributed by atoms with van der Waals surface area (Å²) in [6, 6.07) is 1.97. The van der Waals surface area contributed by atoms with Gasteiger partial charge in [0.15, 0.2) is 5.96 Å². The topological polar surface area (TPSA) is 77.2 Å². The van der Waals surface area contributed by atoms with Crippen molar-refractivity contribution in [3.63, 3.8) is 0 Å². The van der Waals surface area contributed by atoms with E-state index in [-0.39, 0.29) is 36.4 Å². The van der Waals surface area contributed by atoms with E-state index >= 15 is 0 Å². The number of nitrogens with zero attached hydrogens (tertiary/aromatic N) is 5. The largest absolute Gasteiger partial charge is 0.361 e. The van der Waals surface area contributed by atoms with Gasteiger partial charge in [0, 0.05) is 59.4 Å². The lowest BCUT2D eigenvalue weighted by Gasteiger charge is -2.36. The SMILES string of the molecule is C=CCNC(=NCC(=O)N(C)C)N1CCN(Cc2cc(C)on2)CC1.I. The normalized spacial score (nSPS) is 15.3. The van der Waals surface area contributed by atoms with E-state index in [2.05, 4.69) is 31.8 Å². The molecule has 1 amide bonds. The van der Waals surface area contributed by atoms with Crippen molar-refractivity contribution in [1.29, 1.82) is 0 Å². The van der Waals surface area contributed by atoms with Crippen molar-refractivity contribution in [1.82, 2.24) is 25.2 Å². The zero-order valence-electron chi connectivity index (χ0n) is 15.8. The van der Waals surface area contributed by atoms with Crippen molar-refractivity contribution in [3.8, 4) is 0 Å². The van der Waals surface area contributed by atoms with Crippen LogP contribution in [0.5, 0.6) is 0 Å². The van der Waals surface area contributed by atoms with Crippen molar-refractivity contribution in [2.45, 2.75) is 13.5 Å². The van der Waals surface area contributed by atoms with Crippen LogP contribution in [-0.2, 0) is 11.3 Å². The first-order valence-corrected chi connectivity index (χ1v) is 8.48. The molecular weight excluding hydrogens is 447 g/mol. The molecule has 1 aromatic heterocycles. The van der Waals surface area contributed by atoms with Gasteiger partial charge in [-0.15, -0.1) is 30.6 Å². The number of nitrogens with one attached hydrogen (secondary N) is 1. The summed E-state index contributed by atoms with van der Waals surface area (Å²) in [4.78, 5) is 22.3. The Kier molecular flexibility index (Phi) is 9.63. The van der Waals surface area contributed by atoms with Crippen LogP contribution in [0.15, 0.2) is 28.2 Å². The summed E-state index contributed by atoms with van der Waals surface area (Å²) < 4.78 is 5.12. The number of carbonyl (C=O) groups excluding carboxylic acids is 1. The van der Waals surface area contributed by atoms with Gasteiger partial charge < -0.3 is 19.6 Å². The lowest BCUT2D eigenvalue weighted by atomic mass is 10.3. The first kappa shape index (κ1) is 22.4. The smallest absolute Gasteiger partial charge is 0.243 e. The Morgan fingerprint density at radius 1 is 1.42 bits per heavy atom. The van der Waals surface area contributed by atoms with Gasteiger partial charge in [0.25, 0.3) is 0 Å². The Morgan fingerprint density at radius 3 is 2.65 bits per heavy atom. The Bertz CT molecular complexity index is 608. The van der Waals surface area contributed by atoms with Crippen molar-refractivity contribution in [3.05, 3.63) is 30.2 Å². The molecule has 1 aliphatic rings. The average molecular weight is 476 g/mol. The van der Waals surface area contributed by atoms with E-state index < -0.39 is 0 Å². The predicted octanol–water partition coefficient (Wildman–Crippen LogP) is 0.938. The van der Waals surface area contributed by atoms with Gasteiger partial charge in [0.1, 0.15) is 12.3 Å². The number of aromatic nitrogens is 1. The Balaban J connectivity index is 0.00000338. The van der Waals surface area contributed by atoms with Crippen LogP contribution in [0.25, 0.3) is 0 Å². The lowest BCUT2D eigenvalue weighted by Crippen LogP contribution is -2.52. The number of guanidine groups is 1. The maximum absolute atomic E-state index is 11.8. The first-order valence-electron chi connectivity index (χ1n) is 8.48. The molecule has 0 radical (unpaired) electrons. The van der Waals surface area contributed by atoms with Crippen molar-refractivity contribution < 1.29 is 9.32 Å². The van der Waals surface area contributed by atoms with Gasteiger partial charge in [-0.3, -0.25) is 9.69 Å². The summed E-state index contributed by atoms with van der Waals surface area (Å²) in [6.07, 6.45) is 1.78. The third-order valence-electron chi connectivity index (χ3n) is 4.00. The summed E-state index contributed by atoms with van der Waals surface area (Å²) in [5, 5.41) is 7.29. The molecule has 1 aromatic rings. The summed E-state index contributed by atoms with van der Waals surface area (Å²) in [6.45, 7) is 10.7. The summed E-state index contributed by atoms with van der Waals surface area (Å²) >= 11 is 0. The van der Waals surface area contributed by atoms with Gasteiger partial charge >= 0.3 is 0 Å². The highest BCUT2D eigenvalue weighted by Crippen LogP contribution is 2.09.